The average Bonchev–Trinajstić information content (AvgIpc) is 3.01. The Morgan fingerprint density at radius 3 is 1.88 bits per heavy atom. The molecule has 1 unspecified atom stereocenters. The molecule has 0 amide bonds. The lowest BCUT2D eigenvalue weighted by Gasteiger charge is -2.36. The monoisotopic (exact) mass is 357 g/mol. The second kappa shape index (κ2) is 7.99. The van der Waals surface area contributed by atoms with Crippen molar-refractivity contribution in [2.24, 2.45) is 0 Å². The lowest BCUT2D eigenvalue weighted by Crippen LogP contribution is -2.33. The van der Waals surface area contributed by atoms with E-state index in [1.807, 2.05) is 60.7 Å². The molecule has 1 saturated heterocycles. The Balaban J connectivity index is 2.06. The third-order valence-corrected chi connectivity index (χ3v) is 8.55. The first-order chi connectivity index (χ1) is 12.2. The van der Waals surface area contributed by atoms with E-state index >= 15 is 0 Å². The number of benzene rings is 2. The number of rotatable bonds is 7. The molecule has 4 nitrogen and oxygen atoms in total. The average molecular weight is 357 g/mol. The van der Waals surface area contributed by atoms with Gasteiger partial charge in [0.2, 0.25) is 0 Å². The van der Waals surface area contributed by atoms with Crippen molar-refractivity contribution in [3.8, 4) is 0 Å². The summed E-state index contributed by atoms with van der Waals surface area (Å²) in [7, 11) is -2.69. The molecule has 0 bridgehead atoms. The first-order valence-electron chi connectivity index (χ1n) is 8.93. The van der Waals surface area contributed by atoms with E-state index in [9.17, 15) is 9.69 Å². The molecule has 132 valence electrons. The van der Waals surface area contributed by atoms with Gasteiger partial charge in [-0.2, -0.15) is 0 Å². The maximum Gasteiger partial charge on any atom is 0.334 e. The summed E-state index contributed by atoms with van der Waals surface area (Å²) >= 11 is 0. The molecule has 2 aromatic rings. The standard InChI is InChI=1S/C20H26N2O2P/c1-2-9-20(14-17-23)25(24)21(18-10-5-3-6-11-18)15-16-22(25)19-12-7-4-8-13-19/h3-8,10-13,17,20,24H,2,9,14-16H2,1H3/q+1. The van der Waals surface area contributed by atoms with Crippen LogP contribution in [0.25, 0.3) is 0 Å². The van der Waals surface area contributed by atoms with Gasteiger partial charge >= 0.3 is 7.79 Å². The van der Waals surface area contributed by atoms with Crippen LogP contribution in [-0.4, -0.2) is 29.9 Å². The van der Waals surface area contributed by atoms with Crippen LogP contribution < -0.4 is 9.34 Å². The zero-order chi connectivity index (χ0) is 17.7. The van der Waals surface area contributed by atoms with Crippen molar-refractivity contribution in [1.82, 2.24) is 0 Å². The van der Waals surface area contributed by atoms with Gasteiger partial charge in [0.25, 0.3) is 0 Å². The molecule has 1 fully saturated rings. The molecule has 0 aliphatic carbocycles. The summed E-state index contributed by atoms with van der Waals surface area (Å²) in [5.74, 6) is 0. The maximum atomic E-state index is 12.0. The highest BCUT2D eigenvalue weighted by molar-refractivity contribution is 7.74. The van der Waals surface area contributed by atoms with Crippen LogP contribution in [0, 0.1) is 0 Å². The predicted molar refractivity (Wildman–Crippen MR) is 106 cm³/mol. The summed E-state index contributed by atoms with van der Waals surface area (Å²) in [4.78, 5) is 23.4. The van der Waals surface area contributed by atoms with Gasteiger partial charge in [0.15, 0.2) is 0 Å². The van der Waals surface area contributed by atoms with Crippen molar-refractivity contribution in [3.63, 3.8) is 0 Å². The van der Waals surface area contributed by atoms with Crippen LogP contribution in [0.1, 0.15) is 26.2 Å². The van der Waals surface area contributed by atoms with Gasteiger partial charge in [-0.05, 0) is 30.7 Å². The minimum Gasteiger partial charge on any atom is -0.303 e. The van der Waals surface area contributed by atoms with Crippen molar-refractivity contribution in [2.45, 2.75) is 31.8 Å². The maximum absolute atomic E-state index is 12.0. The van der Waals surface area contributed by atoms with Crippen molar-refractivity contribution in [2.75, 3.05) is 22.4 Å². The Hall–Kier alpha value is -1.90. The van der Waals surface area contributed by atoms with E-state index < -0.39 is 7.79 Å². The number of carbonyl (C=O) groups excluding carboxylic acids is 1. The van der Waals surface area contributed by atoms with Crippen LogP contribution >= 0.6 is 7.79 Å². The van der Waals surface area contributed by atoms with Crippen LogP contribution in [0.2, 0.25) is 0 Å². The third kappa shape index (κ3) is 3.42. The zero-order valence-corrected chi connectivity index (χ0v) is 15.6. The fraction of sp³-hybridized carbons (Fsp3) is 0.350. The summed E-state index contributed by atoms with van der Waals surface area (Å²) in [6.45, 7) is 3.64. The van der Waals surface area contributed by atoms with Crippen LogP contribution in [0.5, 0.6) is 0 Å². The molecule has 2 aromatic carbocycles. The molecular formula is C20H26N2O2P+. The van der Waals surface area contributed by atoms with E-state index in [1.54, 1.807) is 0 Å². The number of aldehydes is 1. The van der Waals surface area contributed by atoms with Gasteiger partial charge in [0, 0.05) is 6.42 Å². The van der Waals surface area contributed by atoms with E-state index in [-0.39, 0.29) is 5.66 Å². The minimum atomic E-state index is -2.69. The van der Waals surface area contributed by atoms with E-state index in [0.717, 1.165) is 43.6 Å². The summed E-state index contributed by atoms with van der Waals surface area (Å²) in [5.41, 5.74) is 2.02. The summed E-state index contributed by atoms with van der Waals surface area (Å²) in [5, 5.41) is 0. The van der Waals surface area contributed by atoms with Gasteiger partial charge < -0.3 is 4.79 Å². The molecule has 0 saturated carbocycles. The molecule has 0 aromatic heterocycles. The molecule has 1 atom stereocenters. The number of hydrogen-bond acceptors (Lipinski definition) is 4. The summed E-state index contributed by atoms with van der Waals surface area (Å²) < 4.78 is 4.31. The third-order valence-electron chi connectivity index (χ3n) is 4.82. The smallest absolute Gasteiger partial charge is 0.303 e. The van der Waals surface area contributed by atoms with Gasteiger partial charge in [-0.3, -0.25) is 0 Å². The van der Waals surface area contributed by atoms with E-state index in [0.29, 0.717) is 6.42 Å². The van der Waals surface area contributed by atoms with Gasteiger partial charge in [-0.25, -0.2) is 14.2 Å². The molecule has 1 heterocycles. The Labute approximate surface area is 150 Å². The highest BCUT2D eigenvalue weighted by atomic mass is 31.2. The lowest BCUT2D eigenvalue weighted by atomic mass is 10.2. The predicted octanol–water partition coefficient (Wildman–Crippen LogP) is 4.53. The first kappa shape index (κ1) is 17.9. The Morgan fingerprint density at radius 1 is 1.00 bits per heavy atom. The molecule has 5 heteroatoms. The number of carbonyl (C=O) groups is 1. The number of nitrogens with zero attached hydrogens (tertiary/aromatic N) is 2. The van der Waals surface area contributed by atoms with Crippen LogP contribution in [0.15, 0.2) is 60.7 Å². The van der Waals surface area contributed by atoms with Crippen molar-refractivity contribution < 1.29 is 9.69 Å². The number of anilines is 2. The lowest BCUT2D eigenvalue weighted by molar-refractivity contribution is -0.107. The zero-order valence-electron chi connectivity index (χ0n) is 14.7. The highest BCUT2D eigenvalue weighted by Crippen LogP contribution is 2.71. The Bertz CT molecular complexity index is 633. The molecule has 0 spiro atoms. The van der Waals surface area contributed by atoms with Crippen LogP contribution in [-0.2, 0) is 4.79 Å². The molecule has 1 N–H and O–H groups in total. The number of hydrogen-bond donors (Lipinski definition) is 1. The molecule has 0 radical (unpaired) electrons. The van der Waals surface area contributed by atoms with Gasteiger partial charge in [0.1, 0.15) is 11.9 Å². The van der Waals surface area contributed by atoms with Crippen LogP contribution in [0.4, 0.5) is 11.4 Å². The van der Waals surface area contributed by atoms with Gasteiger partial charge in [-0.1, -0.05) is 49.7 Å². The van der Waals surface area contributed by atoms with Gasteiger partial charge in [0.05, 0.1) is 24.5 Å². The van der Waals surface area contributed by atoms with Crippen LogP contribution in [0.3, 0.4) is 0 Å². The second-order valence-electron chi connectivity index (χ2n) is 6.38. The first-order valence-corrected chi connectivity index (χ1v) is 10.6. The molecule has 1 aliphatic rings. The molecular weight excluding hydrogens is 331 g/mol. The fourth-order valence-electron chi connectivity index (χ4n) is 3.68. The normalized spacial score (nSPS) is 17.5. The largest absolute Gasteiger partial charge is 0.334 e. The Morgan fingerprint density at radius 2 is 1.48 bits per heavy atom. The Kier molecular flexibility index (Phi) is 5.72. The van der Waals surface area contributed by atoms with E-state index in [1.165, 1.54) is 0 Å². The summed E-state index contributed by atoms with van der Waals surface area (Å²) in [6.07, 6.45) is 3.15. The van der Waals surface area contributed by atoms with Gasteiger partial charge in [-0.15, -0.1) is 0 Å². The number of para-hydroxylation sites is 2. The van der Waals surface area contributed by atoms with E-state index in [2.05, 4.69) is 16.3 Å². The van der Waals surface area contributed by atoms with Crippen molar-refractivity contribution >= 4 is 25.5 Å². The van der Waals surface area contributed by atoms with E-state index in [4.69, 9.17) is 0 Å². The molecule has 3 rings (SSSR count). The SMILES string of the molecule is CCCC(CC=O)[P+]1(O)N(c2ccccc2)CCN1c1ccccc1. The molecule has 25 heavy (non-hydrogen) atoms. The fourth-order valence-corrected chi connectivity index (χ4v) is 7.42. The minimum absolute atomic E-state index is 0.0436. The van der Waals surface area contributed by atoms with Crippen molar-refractivity contribution in [1.29, 1.82) is 0 Å². The van der Waals surface area contributed by atoms with Crippen molar-refractivity contribution in [3.05, 3.63) is 60.7 Å². The quantitative estimate of drug-likeness (QED) is 0.584. The highest BCUT2D eigenvalue weighted by Gasteiger charge is 2.60. The topological polar surface area (TPSA) is 43.8 Å². The second-order valence-corrected chi connectivity index (χ2v) is 9.30. The molecule has 1 aliphatic heterocycles. The summed E-state index contributed by atoms with van der Waals surface area (Å²) in [6, 6.07) is 20.2.